The van der Waals surface area contributed by atoms with Gasteiger partial charge in [-0.2, -0.15) is 8.42 Å². The zero-order chi connectivity index (χ0) is 16.2. The monoisotopic (exact) mass is 317 g/mol. The molecule has 0 bridgehead atoms. The first kappa shape index (κ1) is 16.2. The van der Waals surface area contributed by atoms with Crippen LogP contribution in [0.15, 0.2) is 57.8 Å². The van der Waals surface area contributed by atoms with Gasteiger partial charge in [-0.1, -0.05) is 42.5 Å². The number of nitrogens with zero attached hydrogens (tertiary/aromatic N) is 2. The van der Waals surface area contributed by atoms with Crippen molar-refractivity contribution >= 4 is 16.4 Å². The predicted octanol–water partition coefficient (Wildman–Crippen LogP) is 2.09. The molecule has 0 saturated carbocycles. The molecule has 2 rings (SSSR count). The first-order valence-electron chi connectivity index (χ1n) is 6.79. The first-order chi connectivity index (χ1) is 10.4. The molecule has 0 radical (unpaired) electrons. The van der Waals surface area contributed by atoms with Gasteiger partial charge in [-0.25, -0.2) is 0 Å². The van der Waals surface area contributed by atoms with E-state index >= 15 is 0 Å². The van der Waals surface area contributed by atoms with Crippen molar-refractivity contribution in [3.63, 3.8) is 0 Å². The Balaban J connectivity index is 2.50. The van der Waals surface area contributed by atoms with Crippen LogP contribution in [-0.4, -0.2) is 33.8 Å². The Kier molecular flexibility index (Phi) is 4.95. The maximum atomic E-state index is 12.4. The fraction of sp³-hybridized carbons (Fsp3) is 0.188. The van der Waals surface area contributed by atoms with Crippen LogP contribution in [0, 0.1) is 0 Å². The van der Waals surface area contributed by atoms with Crippen LogP contribution in [0.3, 0.4) is 0 Å². The second-order valence-corrected chi connectivity index (χ2v) is 6.66. The van der Waals surface area contributed by atoms with Crippen molar-refractivity contribution in [2.75, 3.05) is 14.1 Å². The van der Waals surface area contributed by atoms with E-state index in [2.05, 4.69) is 4.40 Å². The highest BCUT2D eigenvalue weighted by Crippen LogP contribution is 2.28. The third-order valence-electron chi connectivity index (χ3n) is 3.08. The second kappa shape index (κ2) is 6.72. The van der Waals surface area contributed by atoms with Crippen LogP contribution >= 0.6 is 0 Å². The third kappa shape index (κ3) is 3.72. The van der Waals surface area contributed by atoms with E-state index < -0.39 is 10.0 Å². The molecule has 22 heavy (non-hydrogen) atoms. The highest BCUT2D eigenvalue weighted by molar-refractivity contribution is 7.90. The lowest BCUT2D eigenvalue weighted by Gasteiger charge is -2.09. The van der Waals surface area contributed by atoms with E-state index in [1.54, 1.807) is 43.3 Å². The number of hydrogen-bond acceptors (Lipinski definition) is 3. The van der Waals surface area contributed by atoms with Crippen molar-refractivity contribution in [3.05, 3.63) is 54.1 Å². The highest BCUT2D eigenvalue weighted by atomic mass is 32.2. The molecule has 0 unspecified atom stereocenters. The molecule has 0 aliphatic rings. The molecule has 0 amide bonds. The second-order valence-electron chi connectivity index (χ2n) is 5.06. The van der Waals surface area contributed by atoms with Crippen molar-refractivity contribution < 1.29 is 8.42 Å². The minimum absolute atomic E-state index is 0.189. The smallest absolute Gasteiger partial charge is 0.284 e. The topological polar surface area (TPSA) is 75.8 Å². The van der Waals surface area contributed by atoms with Gasteiger partial charge >= 0.3 is 0 Å². The van der Waals surface area contributed by atoms with E-state index in [0.717, 1.165) is 11.1 Å². The summed E-state index contributed by atoms with van der Waals surface area (Å²) in [6.07, 6.45) is 1.28. The van der Waals surface area contributed by atoms with Gasteiger partial charge in [0.25, 0.3) is 10.0 Å². The standard InChI is InChI=1S/C16H19N3O2S/c1-19(2)12-18-22(20,21)16-6-4-3-5-15(16)14-9-7-13(11-17)8-10-14/h3-10,12H,11,17H2,1-2H3/b18-12+. The fourth-order valence-electron chi connectivity index (χ4n) is 1.96. The van der Waals surface area contributed by atoms with Crippen LogP contribution in [0.5, 0.6) is 0 Å². The SMILES string of the molecule is CN(C)/C=N/S(=O)(=O)c1ccccc1-c1ccc(CN)cc1. The minimum atomic E-state index is -3.75. The summed E-state index contributed by atoms with van der Waals surface area (Å²) in [5, 5.41) is 0. The maximum Gasteiger partial charge on any atom is 0.284 e. The highest BCUT2D eigenvalue weighted by Gasteiger charge is 2.17. The van der Waals surface area contributed by atoms with Gasteiger partial charge in [0.1, 0.15) is 6.34 Å². The summed E-state index contributed by atoms with van der Waals surface area (Å²) >= 11 is 0. The Labute approximate surface area is 131 Å². The predicted molar refractivity (Wildman–Crippen MR) is 89.1 cm³/mol. The van der Waals surface area contributed by atoms with Crippen molar-refractivity contribution in [1.29, 1.82) is 0 Å². The average molecular weight is 317 g/mol. The van der Waals surface area contributed by atoms with E-state index in [-0.39, 0.29) is 4.90 Å². The molecule has 2 aromatic carbocycles. The Morgan fingerprint density at radius 3 is 2.32 bits per heavy atom. The summed E-state index contributed by atoms with van der Waals surface area (Å²) in [5.41, 5.74) is 8.02. The quantitative estimate of drug-likeness (QED) is 0.677. The molecular weight excluding hydrogens is 298 g/mol. The van der Waals surface area contributed by atoms with Gasteiger partial charge in [0.2, 0.25) is 0 Å². The molecule has 2 aromatic rings. The Bertz CT molecular complexity index is 766. The van der Waals surface area contributed by atoms with Gasteiger partial charge in [0, 0.05) is 26.2 Å². The summed E-state index contributed by atoms with van der Waals surface area (Å²) in [6, 6.07) is 14.3. The number of hydrogen-bond donors (Lipinski definition) is 1. The zero-order valence-corrected chi connectivity index (χ0v) is 13.4. The lowest BCUT2D eigenvalue weighted by atomic mass is 10.0. The van der Waals surface area contributed by atoms with Crippen molar-refractivity contribution in [3.8, 4) is 11.1 Å². The summed E-state index contributed by atoms with van der Waals surface area (Å²) in [6.45, 7) is 0.452. The number of rotatable bonds is 5. The molecule has 0 spiro atoms. The van der Waals surface area contributed by atoms with E-state index in [0.29, 0.717) is 12.1 Å². The van der Waals surface area contributed by atoms with Crippen LogP contribution in [0.25, 0.3) is 11.1 Å². The van der Waals surface area contributed by atoms with Gasteiger partial charge in [-0.3, -0.25) is 0 Å². The molecule has 5 nitrogen and oxygen atoms in total. The number of nitrogens with two attached hydrogens (primary N) is 1. The lowest BCUT2D eigenvalue weighted by molar-refractivity contribution is 0.595. The Morgan fingerprint density at radius 1 is 1.09 bits per heavy atom. The van der Waals surface area contributed by atoms with Crippen LogP contribution in [0.1, 0.15) is 5.56 Å². The molecular formula is C16H19N3O2S. The van der Waals surface area contributed by atoms with Crippen molar-refractivity contribution in [2.45, 2.75) is 11.4 Å². The van der Waals surface area contributed by atoms with Gasteiger partial charge in [0.15, 0.2) is 0 Å². The summed E-state index contributed by atoms with van der Waals surface area (Å²) in [4.78, 5) is 1.77. The molecule has 2 N–H and O–H groups in total. The largest absolute Gasteiger partial charge is 0.368 e. The van der Waals surface area contributed by atoms with Gasteiger partial charge in [-0.05, 0) is 17.2 Å². The van der Waals surface area contributed by atoms with Crippen LogP contribution in [0.2, 0.25) is 0 Å². The lowest BCUT2D eigenvalue weighted by Crippen LogP contribution is -2.10. The van der Waals surface area contributed by atoms with Crippen LogP contribution in [0.4, 0.5) is 0 Å². The third-order valence-corrected chi connectivity index (χ3v) is 4.37. The van der Waals surface area contributed by atoms with Crippen LogP contribution in [-0.2, 0) is 16.6 Å². The molecule has 6 heteroatoms. The first-order valence-corrected chi connectivity index (χ1v) is 8.23. The fourth-order valence-corrected chi connectivity index (χ4v) is 3.10. The Hall–Kier alpha value is -2.18. The van der Waals surface area contributed by atoms with Crippen molar-refractivity contribution in [1.82, 2.24) is 4.90 Å². The average Bonchev–Trinajstić information content (AvgIpc) is 2.53. The molecule has 0 fully saturated rings. The molecule has 116 valence electrons. The summed E-state index contributed by atoms with van der Waals surface area (Å²) < 4.78 is 28.5. The minimum Gasteiger partial charge on any atom is -0.368 e. The van der Waals surface area contributed by atoms with Crippen molar-refractivity contribution in [2.24, 2.45) is 10.1 Å². The number of benzene rings is 2. The maximum absolute atomic E-state index is 12.4. The van der Waals surface area contributed by atoms with E-state index in [1.807, 2.05) is 24.3 Å². The number of sulfonamides is 1. The van der Waals surface area contributed by atoms with E-state index in [1.165, 1.54) is 6.34 Å². The van der Waals surface area contributed by atoms with Gasteiger partial charge in [0.05, 0.1) is 4.90 Å². The van der Waals surface area contributed by atoms with E-state index in [4.69, 9.17) is 5.73 Å². The van der Waals surface area contributed by atoms with E-state index in [9.17, 15) is 8.42 Å². The summed E-state index contributed by atoms with van der Waals surface area (Å²) in [5.74, 6) is 0. The Morgan fingerprint density at radius 2 is 1.73 bits per heavy atom. The molecule has 0 heterocycles. The molecule has 0 aliphatic carbocycles. The molecule has 0 aliphatic heterocycles. The summed E-state index contributed by atoms with van der Waals surface area (Å²) in [7, 11) is -0.309. The molecule has 0 atom stereocenters. The van der Waals surface area contributed by atoms with Gasteiger partial charge in [-0.15, -0.1) is 4.40 Å². The zero-order valence-electron chi connectivity index (χ0n) is 12.6. The van der Waals surface area contributed by atoms with Crippen LogP contribution < -0.4 is 5.73 Å². The molecule has 0 saturated heterocycles. The normalized spacial score (nSPS) is 11.8. The van der Waals surface area contributed by atoms with Gasteiger partial charge < -0.3 is 10.6 Å². The molecule has 0 aromatic heterocycles.